The van der Waals surface area contributed by atoms with Crippen molar-refractivity contribution in [2.24, 2.45) is 16.7 Å². The van der Waals surface area contributed by atoms with Crippen molar-refractivity contribution in [1.82, 2.24) is 0 Å². The fourth-order valence-electron chi connectivity index (χ4n) is 2.06. The second-order valence-electron chi connectivity index (χ2n) is 7.44. The predicted molar refractivity (Wildman–Crippen MR) is 70.8 cm³/mol. The maximum Gasteiger partial charge on any atom is -0.0203 e. The van der Waals surface area contributed by atoms with Gasteiger partial charge in [-0.2, -0.15) is 0 Å². The topological polar surface area (TPSA) is 0 Å². The molecule has 0 aromatic carbocycles. The van der Waals surface area contributed by atoms with Gasteiger partial charge in [-0.15, -0.1) is 0 Å². The summed E-state index contributed by atoms with van der Waals surface area (Å²) in [6, 6.07) is 0. The lowest BCUT2D eigenvalue weighted by molar-refractivity contribution is 0.286. The van der Waals surface area contributed by atoms with Gasteiger partial charge in [-0.1, -0.05) is 61.8 Å². The Labute approximate surface area is 97.8 Å². The highest BCUT2D eigenvalue weighted by Gasteiger charge is 2.27. The minimum absolute atomic E-state index is 0.435. The first-order valence-electron chi connectivity index (χ1n) is 6.40. The fraction of sp³-hybridized carbons (Fsp3) is 0.933. The van der Waals surface area contributed by atoms with Gasteiger partial charge in [-0.05, 0) is 35.5 Å². The second-order valence-corrected chi connectivity index (χ2v) is 7.44. The van der Waals surface area contributed by atoms with E-state index >= 15 is 0 Å². The summed E-state index contributed by atoms with van der Waals surface area (Å²) in [7, 11) is 0. The van der Waals surface area contributed by atoms with Gasteiger partial charge in [0.15, 0.2) is 0 Å². The zero-order valence-electron chi connectivity index (χ0n) is 12.2. The van der Waals surface area contributed by atoms with Crippen molar-refractivity contribution in [3.05, 3.63) is 5.92 Å². The summed E-state index contributed by atoms with van der Waals surface area (Å²) >= 11 is 0. The molecule has 0 aromatic rings. The Hall–Kier alpha value is 0. The first kappa shape index (κ1) is 15.0. The first-order chi connectivity index (χ1) is 6.55. The standard InChI is InChI=1S/C15H31/c1-9-12(2)13(10-14(3,4)5)11-15(6,7)8/h12H,9-11H2,1-8H3. The smallest absolute Gasteiger partial charge is 0.0203 e. The molecule has 0 fully saturated rings. The molecule has 0 aliphatic carbocycles. The third-order valence-corrected chi connectivity index (χ3v) is 2.82. The van der Waals surface area contributed by atoms with Crippen LogP contribution in [-0.2, 0) is 0 Å². The summed E-state index contributed by atoms with van der Waals surface area (Å²) in [4.78, 5) is 0. The summed E-state index contributed by atoms with van der Waals surface area (Å²) in [5, 5.41) is 0. The molecule has 0 saturated carbocycles. The average molecular weight is 211 g/mol. The van der Waals surface area contributed by atoms with Crippen LogP contribution in [0.5, 0.6) is 0 Å². The van der Waals surface area contributed by atoms with E-state index in [-0.39, 0.29) is 0 Å². The second kappa shape index (κ2) is 5.37. The van der Waals surface area contributed by atoms with E-state index in [1.54, 1.807) is 5.92 Å². The van der Waals surface area contributed by atoms with Crippen molar-refractivity contribution < 1.29 is 0 Å². The van der Waals surface area contributed by atoms with Crippen molar-refractivity contribution in [2.75, 3.05) is 0 Å². The molecule has 0 amide bonds. The first-order valence-corrected chi connectivity index (χ1v) is 6.40. The molecule has 0 aromatic heterocycles. The molecular weight excluding hydrogens is 180 g/mol. The molecule has 15 heavy (non-hydrogen) atoms. The van der Waals surface area contributed by atoms with Crippen molar-refractivity contribution in [3.8, 4) is 0 Å². The summed E-state index contributed by atoms with van der Waals surface area (Å²) in [5.74, 6) is 2.54. The van der Waals surface area contributed by atoms with Crippen LogP contribution in [0.2, 0.25) is 0 Å². The van der Waals surface area contributed by atoms with E-state index in [2.05, 4.69) is 55.4 Å². The number of rotatable bonds is 4. The van der Waals surface area contributed by atoms with Gasteiger partial charge in [0.2, 0.25) is 0 Å². The minimum Gasteiger partial charge on any atom is -0.0651 e. The van der Waals surface area contributed by atoms with Crippen LogP contribution < -0.4 is 0 Å². The molecule has 0 heterocycles. The summed E-state index contributed by atoms with van der Waals surface area (Å²) in [5.41, 5.74) is 0.869. The van der Waals surface area contributed by atoms with Gasteiger partial charge in [0.05, 0.1) is 0 Å². The third-order valence-electron chi connectivity index (χ3n) is 2.82. The zero-order valence-corrected chi connectivity index (χ0v) is 12.2. The molecule has 0 saturated heterocycles. The molecule has 0 N–H and O–H groups in total. The van der Waals surface area contributed by atoms with Gasteiger partial charge in [0, 0.05) is 0 Å². The van der Waals surface area contributed by atoms with Gasteiger partial charge < -0.3 is 0 Å². The van der Waals surface area contributed by atoms with Crippen molar-refractivity contribution in [2.45, 2.75) is 74.7 Å². The van der Waals surface area contributed by atoms with E-state index < -0.39 is 0 Å². The van der Waals surface area contributed by atoms with Crippen molar-refractivity contribution in [3.63, 3.8) is 0 Å². The van der Waals surface area contributed by atoms with E-state index in [9.17, 15) is 0 Å². The average Bonchev–Trinajstić information content (AvgIpc) is 1.96. The molecule has 0 aliphatic heterocycles. The highest BCUT2D eigenvalue weighted by atomic mass is 14.3. The van der Waals surface area contributed by atoms with Gasteiger partial charge in [-0.3, -0.25) is 0 Å². The largest absolute Gasteiger partial charge is 0.0651 e. The predicted octanol–water partition coefficient (Wildman–Crippen LogP) is 5.48. The normalized spacial score (nSPS) is 15.8. The van der Waals surface area contributed by atoms with Crippen LogP contribution in [0.1, 0.15) is 74.7 Å². The summed E-state index contributed by atoms with van der Waals surface area (Å²) in [6.45, 7) is 18.8. The van der Waals surface area contributed by atoms with E-state index in [4.69, 9.17) is 0 Å². The zero-order chi connectivity index (χ0) is 12.3. The molecule has 0 heteroatoms. The van der Waals surface area contributed by atoms with Crippen molar-refractivity contribution in [1.29, 1.82) is 0 Å². The Morgan fingerprint density at radius 1 is 0.867 bits per heavy atom. The van der Waals surface area contributed by atoms with Crippen LogP contribution in [0.15, 0.2) is 0 Å². The molecule has 0 spiro atoms. The van der Waals surface area contributed by atoms with E-state index in [1.807, 2.05) is 0 Å². The Morgan fingerprint density at radius 3 is 1.40 bits per heavy atom. The van der Waals surface area contributed by atoms with E-state index in [0.717, 1.165) is 5.92 Å². The SMILES string of the molecule is CCC(C)[C](CC(C)(C)C)CC(C)(C)C. The lowest BCUT2D eigenvalue weighted by Gasteiger charge is -2.34. The summed E-state index contributed by atoms with van der Waals surface area (Å²) < 4.78 is 0. The highest BCUT2D eigenvalue weighted by molar-refractivity contribution is 5.00. The molecule has 1 unspecified atom stereocenters. The lowest BCUT2D eigenvalue weighted by Crippen LogP contribution is -2.22. The van der Waals surface area contributed by atoms with Crippen LogP contribution in [0.25, 0.3) is 0 Å². The van der Waals surface area contributed by atoms with Crippen LogP contribution in [0.3, 0.4) is 0 Å². The van der Waals surface area contributed by atoms with Crippen LogP contribution >= 0.6 is 0 Å². The van der Waals surface area contributed by atoms with Gasteiger partial charge in [0.1, 0.15) is 0 Å². The van der Waals surface area contributed by atoms with Crippen LogP contribution in [0, 0.1) is 22.7 Å². The molecule has 0 rings (SSSR count). The van der Waals surface area contributed by atoms with Gasteiger partial charge >= 0.3 is 0 Å². The van der Waals surface area contributed by atoms with Gasteiger partial charge in [0.25, 0.3) is 0 Å². The van der Waals surface area contributed by atoms with E-state index in [0.29, 0.717) is 10.8 Å². The molecule has 91 valence electrons. The highest BCUT2D eigenvalue weighted by Crippen LogP contribution is 2.39. The maximum atomic E-state index is 2.38. The Morgan fingerprint density at radius 2 is 1.20 bits per heavy atom. The molecule has 1 atom stereocenters. The Bertz CT molecular complexity index is 149. The number of hydrogen-bond donors (Lipinski definition) is 0. The maximum absolute atomic E-state index is 2.38. The fourth-order valence-corrected chi connectivity index (χ4v) is 2.06. The number of hydrogen-bond acceptors (Lipinski definition) is 0. The lowest BCUT2D eigenvalue weighted by atomic mass is 9.71. The Balaban J connectivity index is 4.46. The van der Waals surface area contributed by atoms with Gasteiger partial charge in [-0.25, -0.2) is 0 Å². The molecule has 1 radical (unpaired) electrons. The van der Waals surface area contributed by atoms with Crippen LogP contribution in [-0.4, -0.2) is 0 Å². The molecule has 0 aliphatic rings. The van der Waals surface area contributed by atoms with Crippen molar-refractivity contribution >= 4 is 0 Å². The molecule has 0 nitrogen and oxygen atoms in total. The Kier molecular flexibility index (Phi) is 5.37. The minimum atomic E-state index is 0.435. The van der Waals surface area contributed by atoms with E-state index in [1.165, 1.54) is 19.3 Å². The van der Waals surface area contributed by atoms with Crippen LogP contribution in [0.4, 0.5) is 0 Å². The monoisotopic (exact) mass is 211 g/mol. The molecular formula is C15H31. The summed E-state index contributed by atoms with van der Waals surface area (Å²) in [6.07, 6.45) is 3.83. The third kappa shape index (κ3) is 7.88. The molecule has 0 bridgehead atoms. The quantitative estimate of drug-likeness (QED) is 0.577.